The van der Waals surface area contributed by atoms with E-state index in [1.54, 1.807) is 91.9 Å². The number of methoxy groups -OCH3 is 1. The highest BCUT2D eigenvalue weighted by Crippen LogP contribution is 2.19. The fraction of sp³-hybridized carbons (Fsp3) is 0.160. The number of nitrogens with one attached hydrogen (secondary N) is 2. The van der Waals surface area contributed by atoms with Gasteiger partial charge in [0, 0.05) is 16.8 Å². The van der Waals surface area contributed by atoms with Gasteiger partial charge in [0.25, 0.3) is 0 Å². The largest absolute Gasteiger partial charge is 0.497 e. The van der Waals surface area contributed by atoms with Crippen LogP contribution in [0.15, 0.2) is 78.9 Å². The molecule has 2 amide bonds. The fourth-order valence-electron chi connectivity index (χ4n) is 3.15. The molecule has 0 fully saturated rings. The molecule has 0 heterocycles. The molecule has 0 saturated carbocycles. The number of ketones is 1. The van der Waals surface area contributed by atoms with Crippen LogP contribution in [0.25, 0.3) is 0 Å². The van der Waals surface area contributed by atoms with Gasteiger partial charge < -0.3 is 15.4 Å². The highest BCUT2D eigenvalue weighted by Gasteiger charge is 2.16. The molecule has 0 aliphatic carbocycles. The van der Waals surface area contributed by atoms with E-state index in [0.717, 1.165) is 0 Å². The van der Waals surface area contributed by atoms with E-state index in [9.17, 15) is 14.4 Å². The highest BCUT2D eigenvalue weighted by molar-refractivity contribution is 6.13. The minimum atomic E-state index is -0.321. The Bertz CT molecular complexity index is 1080. The van der Waals surface area contributed by atoms with Crippen LogP contribution in [0.1, 0.15) is 15.9 Å². The number of ether oxygens (including phenoxy) is 1. The third-order valence-electron chi connectivity index (χ3n) is 4.68. The third kappa shape index (κ3) is 6.26. The molecule has 164 valence electrons. The fourth-order valence-corrected chi connectivity index (χ4v) is 3.15. The number of carbonyl (C=O) groups is 3. The van der Waals surface area contributed by atoms with Crippen molar-refractivity contribution in [2.45, 2.75) is 0 Å². The molecular weight excluding hydrogens is 406 g/mol. The minimum absolute atomic E-state index is 0.0100. The summed E-state index contributed by atoms with van der Waals surface area (Å²) in [6.07, 6.45) is 0. The van der Waals surface area contributed by atoms with Gasteiger partial charge in [-0.15, -0.1) is 0 Å². The molecule has 0 saturated heterocycles. The Morgan fingerprint density at radius 3 is 2.03 bits per heavy atom. The van der Waals surface area contributed by atoms with E-state index < -0.39 is 0 Å². The van der Waals surface area contributed by atoms with E-state index >= 15 is 0 Å². The average molecular weight is 431 g/mol. The Morgan fingerprint density at radius 2 is 1.38 bits per heavy atom. The number of para-hydroxylation sites is 1. The maximum Gasteiger partial charge on any atom is 0.238 e. The Hall–Kier alpha value is -3.97. The van der Waals surface area contributed by atoms with Crippen LogP contribution in [0, 0.1) is 0 Å². The average Bonchev–Trinajstić information content (AvgIpc) is 2.79. The molecule has 0 radical (unpaired) electrons. The van der Waals surface area contributed by atoms with Gasteiger partial charge in [0.15, 0.2) is 5.78 Å². The lowest BCUT2D eigenvalue weighted by atomic mass is 10.0. The number of nitrogens with zero attached hydrogens (tertiary/aromatic N) is 1. The summed E-state index contributed by atoms with van der Waals surface area (Å²) in [6.45, 7) is 0.0218. The van der Waals surface area contributed by atoms with Gasteiger partial charge in [-0.05, 0) is 43.4 Å². The van der Waals surface area contributed by atoms with E-state index in [4.69, 9.17) is 4.74 Å². The zero-order valence-corrected chi connectivity index (χ0v) is 18.0. The lowest BCUT2D eigenvalue weighted by Crippen LogP contribution is -2.36. The lowest BCUT2D eigenvalue weighted by Gasteiger charge is -2.17. The van der Waals surface area contributed by atoms with Crippen LogP contribution < -0.4 is 15.4 Å². The molecule has 3 aromatic carbocycles. The molecule has 3 aromatic rings. The summed E-state index contributed by atoms with van der Waals surface area (Å²) in [4.78, 5) is 39.2. The van der Waals surface area contributed by atoms with Gasteiger partial charge in [-0.3, -0.25) is 19.3 Å². The predicted molar refractivity (Wildman–Crippen MR) is 124 cm³/mol. The maximum atomic E-state index is 12.8. The van der Waals surface area contributed by atoms with Gasteiger partial charge in [-0.2, -0.15) is 0 Å². The molecule has 0 aliphatic heterocycles. The third-order valence-corrected chi connectivity index (χ3v) is 4.68. The van der Waals surface area contributed by atoms with E-state index in [0.29, 0.717) is 28.3 Å². The first-order valence-corrected chi connectivity index (χ1v) is 10.1. The van der Waals surface area contributed by atoms with Gasteiger partial charge in [-0.1, -0.05) is 42.5 Å². The molecule has 3 rings (SSSR count). The second-order valence-electron chi connectivity index (χ2n) is 7.24. The molecule has 2 N–H and O–H groups in total. The topological polar surface area (TPSA) is 87.7 Å². The molecule has 0 unspecified atom stereocenters. The number of likely N-dealkylation sites (N-methyl/N-ethyl adjacent to an activating group) is 1. The van der Waals surface area contributed by atoms with E-state index in [1.165, 1.54) is 0 Å². The van der Waals surface area contributed by atoms with Crippen LogP contribution in [-0.4, -0.2) is 49.7 Å². The van der Waals surface area contributed by atoms with Crippen molar-refractivity contribution in [1.29, 1.82) is 0 Å². The Labute approximate surface area is 187 Å². The van der Waals surface area contributed by atoms with Crippen molar-refractivity contribution in [2.24, 2.45) is 0 Å². The first-order valence-electron chi connectivity index (χ1n) is 10.1. The van der Waals surface area contributed by atoms with Crippen LogP contribution in [0.5, 0.6) is 5.75 Å². The zero-order chi connectivity index (χ0) is 22.9. The molecule has 7 nitrogen and oxygen atoms in total. The molecule has 32 heavy (non-hydrogen) atoms. The molecule has 0 aliphatic rings. The number of hydrogen-bond acceptors (Lipinski definition) is 5. The van der Waals surface area contributed by atoms with Gasteiger partial charge in [0.1, 0.15) is 5.75 Å². The summed E-state index contributed by atoms with van der Waals surface area (Å²) in [5.74, 6) is -0.0419. The zero-order valence-electron chi connectivity index (χ0n) is 18.0. The van der Waals surface area contributed by atoms with Crippen LogP contribution >= 0.6 is 0 Å². The summed E-state index contributed by atoms with van der Waals surface area (Å²) in [7, 11) is 3.25. The summed E-state index contributed by atoms with van der Waals surface area (Å²) in [5, 5.41) is 5.56. The van der Waals surface area contributed by atoms with Crippen LogP contribution in [0.3, 0.4) is 0 Å². The Balaban J connectivity index is 1.56. The highest BCUT2D eigenvalue weighted by atomic mass is 16.5. The number of amides is 2. The smallest absolute Gasteiger partial charge is 0.238 e. The molecule has 0 aromatic heterocycles. The SMILES string of the molecule is COc1ccc(NC(=O)CN(C)CC(=O)Nc2ccccc2C(=O)c2ccccc2)cc1. The van der Waals surface area contributed by atoms with Crippen molar-refractivity contribution in [3.05, 3.63) is 90.0 Å². The summed E-state index contributed by atoms with van der Waals surface area (Å²) in [6, 6.07) is 22.7. The van der Waals surface area contributed by atoms with Gasteiger partial charge in [0.2, 0.25) is 11.8 Å². The number of rotatable bonds is 9. The lowest BCUT2D eigenvalue weighted by molar-refractivity contribution is -0.119. The molecular formula is C25H25N3O4. The van der Waals surface area contributed by atoms with Crippen molar-refractivity contribution in [3.63, 3.8) is 0 Å². The Kier molecular flexibility index (Phi) is 7.72. The normalized spacial score (nSPS) is 10.5. The maximum absolute atomic E-state index is 12.8. The Morgan fingerprint density at radius 1 is 0.781 bits per heavy atom. The van der Waals surface area contributed by atoms with Crippen molar-refractivity contribution in [2.75, 3.05) is 37.9 Å². The van der Waals surface area contributed by atoms with Gasteiger partial charge in [-0.25, -0.2) is 0 Å². The van der Waals surface area contributed by atoms with Crippen molar-refractivity contribution in [3.8, 4) is 5.75 Å². The number of carbonyl (C=O) groups excluding carboxylic acids is 3. The molecule has 0 bridgehead atoms. The number of hydrogen-bond donors (Lipinski definition) is 2. The number of benzene rings is 3. The summed E-state index contributed by atoms with van der Waals surface area (Å²) in [5.41, 5.74) is 2.03. The van der Waals surface area contributed by atoms with Gasteiger partial charge >= 0.3 is 0 Å². The van der Waals surface area contributed by atoms with E-state index in [-0.39, 0.29) is 30.7 Å². The molecule has 0 spiro atoms. The summed E-state index contributed by atoms with van der Waals surface area (Å²) >= 11 is 0. The standard InChI is InChI=1S/C25H25N3O4/c1-28(16-23(29)26-19-12-14-20(32-2)15-13-19)17-24(30)27-22-11-7-6-10-21(22)25(31)18-8-4-3-5-9-18/h3-15H,16-17H2,1-2H3,(H,26,29)(H,27,30). The molecule has 7 heteroatoms. The molecule has 0 atom stereocenters. The second-order valence-corrected chi connectivity index (χ2v) is 7.24. The van der Waals surface area contributed by atoms with Gasteiger partial charge in [0.05, 0.1) is 25.9 Å². The van der Waals surface area contributed by atoms with Crippen LogP contribution in [0.4, 0.5) is 11.4 Å². The minimum Gasteiger partial charge on any atom is -0.497 e. The monoisotopic (exact) mass is 431 g/mol. The van der Waals surface area contributed by atoms with Crippen molar-refractivity contribution < 1.29 is 19.1 Å². The second kappa shape index (κ2) is 10.9. The summed E-state index contributed by atoms with van der Waals surface area (Å²) < 4.78 is 5.09. The van der Waals surface area contributed by atoms with E-state index in [2.05, 4.69) is 10.6 Å². The van der Waals surface area contributed by atoms with Crippen molar-refractivity contribution in [1.82, 2.24) is 4.90 Å². The van der Waals surface area contributed by atoms with Crippen LogP contribution in [0.2, 0.25) is 0 Å². The quantitative estimate of drug-likeness (QED) is 0.507. The first kappa shape index (κ1) is 22.7. The van der Waals surface area contributed by atoms with Crippen LogP contribution in [-0.2, 0) is 9.59 Å². The van der Waals surface area contributed by atoms with E-state index in [1.807, 2.05) is 6.07 Å². The van der Waals surface area contributed by atoms with Crippen molar-refractivity contribution >= 4 is 29.0 Å². The number of anilines is 2. The first-order chi connectivity index (χ1) is 15.5. The predicted octanol–water partition coefficient (Wildman–Crippen LogP) is 3.44.